The summed E-state index contributed by atoms with van der Waals surface area (Å²) in [6.45, 7) is 0. The van der Waals surface area contributed by atoms with E-state index in [2.05, 4.69) is 5.32 Å². The Bertz CT molecular complexity index is 671. The number of benzene rings is 2. The van der Waals surface area contributed by atoms with Crippen molar-refractivity contribution in [3.05, 3.63) is 42.0 Å². The fourth-order valence-corrected chi connectivity index (χ4v) is 1.82. The van der Waals surface area contributed by atoms with Crippen LogP contribution in [0.3, 0.4) is 0 Å². The van der Waals surface area contributed by atoms with Gasteiger partial charge >= 0.3 is 0 Å². The molecule has 2 rings (SSSR count). The molecular formula is C15H16N2O4. The second kappa shape index (κ2) is 6.04. The normalized spacial score (nSPS) is 10.0. The average Bonchev–Trinajstić information content (AvgIpc) is 2.49. The quantitative estimate of drug-likeness (QED) is 0.750. The third kappa shape index (κ3) is 3.17. The Morgan fingerprint density at radius 3 is 2.43 bits per heavy atom. The molecule has 0 saturated carbocycles. The van der Waals surface area contributed by atoms with Crippen molar-refractivity contribution in [2.24, 2.45) is 0 Å². The Kier molecular flexibility index (Phi) is 4.18. The van der Waals surface area contributed by atoms with Crippen molar-refractivity contribution >= 4 is 17.3 Å². The van der Waals surface area contributed by atoms with Crippen LogP contribution >= 0.6 is 0 Å². The number of nitrogens with two attached hydrogens (primary N) is 1. The van der Waals surface area contributed by atoms with Crippen LogP contribution in [0.25, 0.3) is 0 Å². The highest BCUT2D eigenvalue weighted by Gasteiger charge is 2.11. The van der Waals surface area contributed by atoms with Gasteiger partial charge in [-0.25, -0.2) is 0 Å². The summed E-state index contributed by atoms with van der Waals surface area (Å²) in [5.41, 5.74) is 7.05. The van der Waals surface area contributed by atoms with Gasteiger partial charge in [0.15, 0.2) is 11.5 Å². The van der Waals surface area contributed by atoms with Gasteiger partial charge in [-0.15, -0.1) is 0 Å². The average molecular weight is 288 g/mol. The van der Waals surface area contributed by atoms with Crippen LogP contribution < -0.4 is 20.5 Å². The molecule has 6 heteroatoms. The molecule has 0 spiro atoms. The highest BCUT2D eigenvalue weighted by molar-refractivity contribution is 6.04. The molecule has 21 heavy (non-hydrogen) atoms. The number of carbonyl (C=O) groups is 1. The molecular weight excluding hydrogens is 272 g/mol. The lowest BCUT2D eigenvalue weighted by Gasteiger charge is -2.10. The number of aromatic hydroxyl groups is 1. The molecule has 0 radical (unpaired) electrons. The molecule has 0 aliphatic heterocycles. The summed E-state index contributed by atoms with van der Waals surface area (Å²) in [5, 5.41) is 12.4. The Hall–Kier alpha value is -2.89. The van der Waals surface area contributed by atoms with Gasteiger partial charge in [0, 0.05) is 17.3 Å². The van der Waals surface area contributed by atoms with Crippen LogP contribution in [0.2, 0.25) is 0 Å². The molecule has 1 amide bonds. The number of anilines is 2. The zero-order chi connectivity index (χ0) is 15.4. The van der Waals surface area contributed by atoms with E-state index in [-0.39, 0.29) is 11.7 Å². The van der Waals surface area contributed by atoms with E-state index >= 15 is 0 Å². The van der Waals surface area contributed by atoms with Crippen LogP contribution in [0.5, 0.6) is 17.2 Å². The third-order valence-corrected chi connectivity index (χ3v) is 2.93. The van der Waals surface area contributed by atoms with Gasteiger partial charge < -0.3 is 25.6 Å². The molecule has 6 nitrogen and oxygen atoms in total. The summed E-state index contributed by atoms with van der Waals surface area (Å²) >= 11 is 0. The topological polar surface area (TPSA) is 93.8 Å². The van der Waals surface area contributed by atoms with Gasteiger partial charge in [-0.2, -0.15) is 0 Å². The standard InChI is InChI=1S/C15H16N2O4/c1-20-13-6-3-9(7-12(13)18)15(19)17-10-4-5-11(16)14(8-10)21-2/h3-8,18H,16H2,1-2H3,(H,17,19). The number of phenolic OH excluding ortho intramolecular Hbond substituents is 1. The second-order valence-electron chi connectivity index (χ2n) is 4.30. The molecule has 2 aromatic rings. The molecule has 2 aromatic carbocycles. The molecule has 110 valence electrons. The van der Waals surface area contributed by atoms with Crippen LogP contribution in [0.4, 0.5) is 11.4 Å². The van der Waals surface area contributed by atoms with Gasteiger partial charge in [0.2, 0.25) is 0 Å². The Labute approximate surface area is 122 Å². The van der Waals surface area contributed by atoms with E-state index in [0.29, 0.717) is 28.4 Å². The van der Waals surface area contributed by atoms with E-state index in [9.17, 15) is 9.90 Å². The van der Waals surface area contributed by atoms with Crippen LogP contribution in [-0.2, 0) is 0 Å². The van der Waals surface area contributed by atoms with E-state index in [1.54, 1.807) is 24.3 Å². The first-order valence-corrected chi connectivity index (χ1v) is 6.17. The molecule has 0 bridgehead atoms. The van der Waals surface area contributed by atoms with Crippen molar-refractivity contribution in [3.63, 3.8) is 0 Å². The molecule has 0 atom stereocenters. The number of hydrogen-bond acceptors (Lipinski definition) is 5. The first-order chi connectivity index (χ1) is 10.0. The summed E-state index contributed by atoms with van der Waals surface area (Å²) in [5.74, 6) is 0.325. The molecule has 0 aliphatic rings. The number of rotatable bonds is 4. The number of amides is 1. The molecule has 0 heterocycles. The van der Waals surface area contributed by atoms with Crippen molar-refractivity contribution in [3.8, 4) is 17.2 Å². The van der Waals surface area contributed by atoms with Gasteiger partial charge in [0.25, 0.3) is 5.91 Å². The van der Waals surface area contributed by atoms with Crippen molar-refractivity contribution in [1.29, 1.82) is 0 Å². The molecule has 0 aromatic heterocycles. The second-order valence-corrected chi connectivity index (χ2v) is 4.30. The lowest BCUT2D eigenvalue weighted by molar-refractivity contribution is 0.102. The number of nitrogens with one attached hydrogen (secondary N) is 1. The van der Waals surface area contributed by atoms with Crippen molar-refractivity contribution in [2.75, 3.05) is 25.3 Å². The fourth-order valence-electron chi connectivity index (χ4n) is 1.82. The van der Waals surface area contributed by atoms with E-state index in [1.165, 1.54) is 26.4 Å². The highest BCUT2D eigenvalue weighted by Crippen LogP contribution is 2.28. The van der Waals surface area contributed by atoms with Gasteiger partial charge in [-0.1, -0.05) is 0 Å². The zero-order valence-electron chi connectivity index (χ0n) is 11.7. The van der Waals surface area contributed by atoms with Gasteiger partial charge in [-0.05, 0) is 30.3 Å². The summed E-state index contributed by atoms with van der Waals surface area (Å²) in [7, 11) is 2.94. The number of methoxy groups -OCH3 is 2. The van der Waals surface area contributed by atoms with Crippen LogP contribution in [-0.4, -0.2) is 25.2 Å². The third-order valence-electron chi connectivity index (χ3n) is 2.93. The molecule has 0 unspecified atom stereocenters. The van der Waals surface area contributed by atoms with Gasteiger partial charge in [0.05, 0.1) is 19.9 Å². The molecule has 4 N–H and O–H groups in total. The minimum absolute atomic E-state index is 0.0972. The number of ether oxygens (including phenoxy) is 2. The first-order valence-electron chi connectivity index (χ1n) is 6.17. The number of nitrogen functional groups attached to an aromatic ring is 1. The SMILES string of the molecule is COc1cc(NC(=O)c2ccc(OC)c(O)c2)ccc1N. The van der Waals surface area contributed by atoms with Crippen LogP contribution in [0.15, 0.2) is 36.4 Å². The molecule has 0 saturated heterocycles. The lowest BCUT2D eigenvalue weighted by atomic mass is 10.1. The maximum atomic E-state index is 12.1. The molecule has 0 aliphatic carbocycles. The van der Waals surface area contributed by atoms with Gasteiger partial charge in [0.1, 0.15) is 5.75 Å². The number of phenols is 1. The zero-order valence-corrected chi connectivity index (χ0v) is 11.7. The summed E-state index contributed by atoms with van der Waals surface area (Å²) in [6.07, 6.45) is 0. The van der Waals surface area contributed by atoms with E-state index in [4.69, 9.17) is 15.2 Å². The summed E-state index contributed by atoms with van der Waals surface area (Å²) in [4.78, 5) is 12.1. The Morgan fingerprint density at radius 2 is 1.81 bits per heavy atom. The smallest absolute Gasteiger partial charge is 0.255 e. The Balaban J connectivity index is 2.19. The predicted molar refractivity (Wildman–Crippen MR) is 80.0 cm³/mol. The maximum absolute atomic E-state index is 12.1. The number of hydrogen-bond donors (Lipinski definition) is 3. The minimum atomic E-state index is -0.361. The lowest BCUT2D eigenvalue weighted by Crippen LogP contribution is -2.12. The van der Waals surface area contributed by atoms with Crippen molar-refractivity contribution in [1.82, 2.24) is 0 Å². The van der Waals surface area contributed by atoms with Crippen LogP contribution in [0, 0.1) is 0 Å². The van der Waals surface area contributed by atoms with Gasteiger partial charge in [-0.3, -0.25) is 4.79 Å². The minimum Gasteiger partial charge on any atom is -0.504 e. The largest absolute Gasteiger partial charge is 0.504 e. The maximum Gasteiger partial charge on any atom is 0.255 e. The van der Waals surface area contributed by atoms with E-state index in [0.717, 1.165) is 0 Å². The van der Waals surface area contributed by atoms with Crippen molar-refractivity contribution in [2.45, 2.75) is 0 Å². The summed E-state index contributed by atoms with van der Waals surface area (Å²) in [6, 6.07) is 9.34. The van der Waals surface area contributed by atoms with E-state index < -0.39 is 0 Å². The van der Waals surface area contributed by atoms with E-state index in [1.807, 2.05) is 0 Å². The Morgan fingerprint density at radius 1 is 1.10 bits per heavy atom. The molecule has 0 fully saturated rings. The predicted octanol–water partition coefficient (Wildman–Crippen LogP) is 2.24. The highest BCUT2D eigenvalue weighted by atomic mass is 16.5. The number of carbonyl (C=O) groups excluding carboxylic acids is 1. The summed E-state index contributed by atoms with van der Waals surface area (Å²) < 4.78 is 10.0. The fraction of sp³-hybridized carbons (Fsp3) is 0.133. The van der Waals surface area contributed by atoms with Crippen LogP contribution in [0.1, 0.15) is 10.4 Å². The van der Waals surface area contributed by atoms with Crippen molar-refractivity contribution < 1.29 is 19.4 Å². The monoisotopic (exact) mass is 288 g/mol. The first kappa shape index (κ1) is 14.5.